The van der Waals surface area contributed by atoms with Crippen LogP contribution in [0.3, 0.4) is 0 Å². The van der Waals surface area contributed by atoms with E-state index in [-0.39, 0.29) is 5.75 Å². The smallest absolute Gasteiger partial charge is 0.212 e. The fraction of sp³-hybridized carbons (Fsp3) is 1.00. The molecule has 0 aromatic carbocycles. The second-order valence-electron chi connectivity index (χ2n) is 3.76. The molecule has 92 valence electrons. The van der Waals surface area contributed by atoms with Crippen molar-refractivity contribution < 1.29 is 8.42 Å². The third-order valence-electron chi connectivity index (χ3n) is 2.27. The van der Waals surface area contributed by atoms with Gasteiger partial charge in [-0.2, -0.15) is 0 Å². The molecule has 0 aliphatic carbocycles. The van der Waals surface area contributed by atoms with E-state index >= 15 is 0 Å². The minimum Gasteiger partial charge on any atom is -0.212 e. The number of unbranched alkanes of at least 4 members (excludes halogenated alkanes) is 7. The third kappa shape index (κ3) is 14.7. The minimum absolute atomic E-state index is 0.123. The zero-order chi connectivity index (χ0) is 11.6. The normalized spacial score (nSPS) is 11.9. The van der Waals surface area contributed by atoms with Crippen molar-refractivity contribution in [3.05, 3.63) is 0 Å². The highest BCUT2D eigenvalue weighted by molar-refractivity contribution is 9.09. The summed E-state index contributed by atoms with van der Waals surface area (Å²) in [7, 11) is 1.84. The molecule has 0 radical (unpaired) electrons. The Balaban J connectivity index is 3.06. The number of rotatable bonds is 10. The van der Waals surface area contributed by atoms with Crippen molar-refractivity contribution in [3.63, 3.8) is 0 Å². The van der Waals surface area contributed by atoms with Gasteiger partial charge in [0.05, 0.1) is 5.75 Å². The Morgan fingerprint density at radius 3 is 1.60 bits per heavy atom. The topological polar surface area (TPSA) is 34.1 Å². The fourth-order valence-electron chi connectivity index (χ4n) is 1.43. The van der Waals surface area contributed by atoms with Crippen molar-refractivity contribution in [2.24, 2.45) is 0 Å². The van der Waals surface area contributed by atoms with Crippen molar-refractivity contribution in [1.29, 1.82) is 0 Å². The van der Waals surface area contributed by atoms with Crippen LogP contribution in [0.15, 0.2) is 0 Å². The molecule has 0 atom stereocenters. The largest absolute Gasteiger partial charge is 0.232 e. The predicted octanol–water partition coefficient (Wildman–Crippen LogP) is 4.07. The van der Waals surface area contributed by atoms with E-state index in [1.165, 1.54) is 32.1 Å². The van der Waals surface area contributed by atoms with E-state index in [0.717, 1.165) is 18.2 Å². The van der Waals surface area contributed by atoms with Crippen LogP contribution >= 0.6 is 26.6 Å². The van der Waals surface area contributed by atoms with Crippen LogP contribution in [0.4, 0.5) is 0 Å². The van der Waals surface area contributed by atoms with Crippen molar-refractivity contribution >= 4 is 35.7 Å². The molecule has 15 heavy (non-hydrogen) atoms. The Kier molecular flexibility index (Phi) is 10.4. The molecule has 0 fully saturated rings. The van der Waals surface area contributed by atoms with Crippen molar-refractivity contribution in [1.82, 2.24) is 0 Å². The van der Waals surface area contributed by atoms with Crippen LogP contribution in [0.5, 0.6) is 0 Å². The number of halogens is 2. The van der Waals surface area contributed by atoms with E-state index in [9.17, 15) is 8.42 Å². The van der Waals surface area contributed by atoms with Crippen LogP contribution in [0.1, 0.15) is 51.4 Å². The molecule has 0 unspecified atom stereocenters. The molecule has 0 amide bonds. The van der Waals surface area contributed by atoms with Crippen LogP contribution < -0.4 is 0 Å². The molecule has 0 aliphatic rings. The molecule has 0 aliphatic heterocycles. The van der Waals surface area contributed by atoms with Gasteiger partial charge in [-0.15, -0.1) is 0 Å². The Hall–Kier alpha value is 0.720. The van der Waals surface area contributed by atoms with E-state index in [1.807, 2.05) is 0 Å². The molecule has 0 aromatic heterocycles. The number of hydrogen-bond donors (Lipinski definition) is 0. The molecule has 0 bridgehead atoms. The highest BCUT2D eigenvalue weighted by atomic mass is 79.9. The summed E-state index contributed by atoms with van der Waals surface area (Å²) < 4.78 is 21.2. The molecule has 2 nitrogen and oxygen atoms in total. The SMILES string of the molecule is O=S(=O)(Cl)CCCCCCCCCCBr. The quantitative estimate of drug-likeness (QED) is 0.345. The van der Waals surface area contributed by atoms with Crippen LogP contribution in [-0.2, 0) is 9.05 Å². The molecule has 0 aromatic rings. The summed E-state index contributed by atoms with van der Waals surface area (Å²) in [6, 6.07) is 0. The summed E-state index contributed by atoms with van der Waals surface area (Å²) in [4.78, 5) is 0. The lowest BCUT2D eigenvalue weighted by Gasteiger charge is -2.00. The van der Waals surface area contributed by atoms with Crippen molar-refractivity contribution in [2.45, 2.75) is 51.4 Å². The minimum atomic E-state index is -3.26. The van der Waals surface area contributed by atoms with Crippen molar-refractivity contribution in [3.8, 4) is 0 Å². The van der Waals surface area contributed by atoms with Gasteiger partial charge >= 0.3 is 0 Å². The first-order chi connectivity index (χ1) is 7.06. The van der Waals surface area contributed by atoms with Crippen LogP contribution in [0, 0.1) is 0 Å². The fourth-order valence-corrected chi connectivity index (χ4v) is 2.70. The molecule has 0 heterocycles. The van der Waals surface area contributed by atoms with Gasteiger partial charge in [0.15, 0.2) is 0 Å². The first-order valence-electron chi connectivity index (χ1n) is 5.54. The van der Waals surface area contributed by atoms with E-state index in [4.69, 9.17) is 10.7 Å². The summed E-state index contributed by atoms with van der Waals surface area (Å²) in [6.07, 6.45) is 9.12. The molecule has 0 spiro atoms. The Morgan fingerprint density at radius 2 is 1.20 bits per heavy atom. The molecule has 0 rings (SSSR count). The summed E-state index contributed by atoms with van der Waals surface area (Å²) >= 11 is 3.40. The van der Waals surface area contributed by atoms with Gasteiger partial charge in [0, 0.05) is 16.0 Å². The average Bonchev–Trinajstić information content (AvgIpc) is 2.14. The van der Waals surface area contributed by atoms with Gasteiger partial charge in [0.2, 0.25) is 9.05 Å². The predicted molar refractivity (Wildman–Crippen MR) is 70.4 cm³/mol. The van der Waals surface area contributed by atoms with E-state index in [1.54, 1.807) is 0 Å². The van der Waals surface area contributed by atoms with E-state index < -0.39 is 9.05 Å². The molecular formula is C10H20BrClO2S. The Labute approximate surface area is 106 Å². The van der Waals surface area contributed by atoms with Gasteiger partial charge in [0.1, 0.15) is 0 Å². The van der Waals surface area contributed by atoms with E-state index in [2.05, 4.69) is 15.9 Å². The lowest BCUT2D eigenvalue weighted by molar-refractivity contribution is 0.579. The lowest BCUT2D eigenvalue weighted by Crippen LogP contribution is -1.96. The van der Waals surface area contributed by atoms with Crippen LogP contribution in [0.2, 0.25) is 0 Å². The van der Waals surface area contributed by atoms with Gasteiger partial charge in [-0.25, -0.2) is 8.42 Å². The van der Waals surface area contributed by atoms with Gasteiger partial charge in [-0.3, -0.25) is 0 Å². The molecule has 5 heteroatoms. The van der Waals surface area contributed by atoms with E-state index in [0.29, 0.717) is 6.42 Å². The summed E-state index contributed by atoms with van der Waals surface area (Å²) in [5.41, 5.74) is 0. The van der Waals surface area contributed by atoms with Gasteiger partial charge in [-0.05, 0) is 12.8 Å². The lowest BCUT2D eigenvalue weighted by atomic mass is 10.1. The van der Waals surface area contributed by atoms with Gasteiger partial charge in [0.25, 0.3) is 0 Å². The standard InChI is InChI=1S/C10H20BrClO2S/c11-9-7-5-3-1-2-4-6-8-10-15(12,13)14/h1-10H2. The highest BCUT2D eigenvalue weighted by Crippen LogP contribution is 2.10. The maximum atomic E-state index is 10.6. The van der Waals surface area contributed by atoms with Gasteiger partial charge in [-0.1, -0.05) is 54.5 Å². The second kappa shape index (κ2) is 9.91. The first kappa shape index (κ1) is 15.7. The first-order valence-corrected chi connectivity index (χ1v) is 9.14. The highest BCUT2D eigenvalue weighted by Gasteiger charge is 2.03. The summed E-state index contributed by atoms with van der Waals surface area (Å²) in [5, 5.41) is 1.10. The van der Waals surface area contributed by atoms with Crippen LogP contribution in [-0.4, -0.2) is 19.5 Å². The molecule has 0 N–H and O–H groups in total. The molecule has 0 saturated carbocycles. The maximum absolute atomic E-state index is 10.6. The number of alkyl halides is 1. The van der Waals surface area contributed by atoms with Crippen molar-refractivity contribution in [2.75, 3.05) is 11.1 Å². The monoisotopic (exact) mass is 318 g/mol. The van der Waals surface area contributed by atoms with Crippen LogP contribution in [0.25, 0.3) is 0 Å². The number of hydrogen-bond acceptors (Lipinski definition) is 2. The third-order valence-corrected chi connectivity index (χ3v) is 4.07. The molecular weight excluding hydrogens is 300 g/mol. The summed E-state index contributed by atoms with van der Waals surface area (Å²) in [5.74, 6) is 0.123. The Bertz CT molecular complexity index is 230. The second-order valence-corrected chi connectivity index (χ2v) is 7.45. The zero-order valence-corrected chi connectivity index (χ0v) is 12.2. The average molecular weight is 320 g/mol. The maximum Gasteiger partial charge on any atom is 0.232 e. The summed E-state index contributed by atoms with van der Waals surface area (Å²) in [6.45, 7) is 0. The zero-order valence-electron chi connectivity index (χ0n) is 9.05. The van der Waals surface area contributed by atoms with Gasteiger partial charge < -0.3 is 0 Å². The molecule has 0 saturated heterocycles. The Morgan fingerprint density at radius 1 is 0.800 bits per heavy atom.